The SMILES string of the molecule is CC/C=C\C/C=C\C/C=C\C/C=C\C/C=C\CCOCC(COP(=O)([O-])OCC[N+](C)(C)C)OC(=O)CCCCC/C=C\C/C=C\C/C=C\CC. The number of hydrogen-bond donors (Lipinski definition) is 0. The van der Waals surface area contributed by atoms with E-state index in [0.29, 0.717) is 30.5 Å². The van der Waals surface area contributed by atoms with E-state index < -0.39 is 19.9 Å². The van der Waals surface area contributed by atoms with Crippen molar-refractivity contribution in [3.63, 3.8) is 0 Å². The minimum atomic E-state index is -4.55. The number of nitrogens with zero attached hydrogens (tertiary/aromatic N) is 1. The highest BCUT2D eigenvalue weighted by molar-refractivity contribution is 7.45. The molecule has 0 bridgehead atoms. The maximum absolute atomic E-state index is 12.6. The number of quaternary nitrogens is 1. The number of ether oxygens (including phenoxy) is 2. The van der Waals surface area contributed by atoms with Crippen molar-refractivity contribution in [2.75, 3.05) is 54.1 Å². The summed E-state index contributed by atoms with van der Waals surface area (Å²) in [4.78, 5) is 24.9. The summed E-state index contributed by atoms with van der Waals surface area (Å²) in [6, 6.07) is 0. The minimum Gasteiger partial charge on any atom is -0.756 e. The number of esters is 1. The summed E-state index contributed by atoms with van der Waals surface area (Å²) in [5.74, 6) is -0.394. The van der Waals surface area contributed by atoms with Crippen LogP contribution in [-0.2, 0) is 27.9 Å². The second kappa shape index (κ2) is 34.5. The highest BCUT2D eigenvalue weighted by atomic mass is 31.2. The fourth-order valence-electron chi connectivity index (χ4n) is 4.27. The predicted octanol–water partition coefficient (Wildman–Crippen LogP) is 10.1. The summed E-state index contributed by atoms with van der Waals surface area (Å²) in [6.45, 7) is 4.85. The zero-order chi connectivity index (χ0) is 37.7. The summed E-state index contributed by atoms with van der Waals surface area (Å²) in [5, 5.41) is 0. The molecule has 51 heavy (non-hydrogen) atoms. The molecule has 0 saturated carbocycles. The van der Waals surface area contributed by atoms with E-state index >= 15 is 0 Å². The average Bonchev–Trinajstić information content (AvgIpc) is 3.08. The Kier molecular flexibility index (Phi) is 32.8. The van der Waals surface area contributed by atoms with Crippen molar-refractivity contribution in [3.05, 3.63) is 97.2 Å². The van der Waals surface area contributed by atoms with E-state index in [2.05, 4.69) is 105 Å². The Labute approximate surface area is 311 Å². The largest absolute Gasteiger partial charge is 0.756 e. The van der Waals surface area contributed by atoms with Gasteiger partial charge in [-0.2, -0.15) is 0 Å². The van der Waals surface area contributed by atoms with Crippen LogP contribution in [0.4, 0.5) is 0 Å². The number of rotatable bonds is 33. The first-order valence-corrected chi connectivity index (χ1v) is 20.4. The topological polar surface area (TPSA) is 94.1 Å². The van der Waals surface area contributed by atoms with E-state index in [9.17, 15) is 14.3 Å². The van der Waals surface area contributed by atoms with Gasteiger partial charge in [0.15, 0.2) is 0 Å². The zero-order valence-corrected chi connectivity index (χ0v) is 33.4. The summed E-state index contributed by atoms with van der Waals surface area (Å²) in [5.41, 5.74) is 0. The lowest BCUT2D eigenvalue weighted by atomic mass is 10.1. The van der Waals surface area contributed by atoms with Crippen LogP contribution in [-0.4, -0.2) is 70.7 Å². The normalized spacial score (nSPS) is 15.0. The van der Waals surface area contributed by atoms with Crippen molar-refractivity contribution in [1.82, 2.24) is 0 Å². The average molecular weight is 732 g/mol. The number of phosphoric acid groups is 1. The smallest absolute Gasteiger partial charge is 0.306 e. The van der Waals surface area contributed by atoms with Gasteiger partial charge in [-0.25, -0.2) is 0 Å². The lowest BCUT2D eigenvalue weighted by Gasteiger charge is -2.28. The predicted molar refractivity (Wildman–Crippen MR) is 212 cm³/mol. The Morgan fingerprint density at radius 2 is 1.08 bits per heavy atom. The molecule has 0 amide bonds. The van der Waals surface area contributed by atoms with Crippen LogP contribution < -0.4 is 4.89 Å². The third-order valence-corrected chi connectivity index (χ3v) is 8.11. The number of carbonyl (C=O) groups is 1. The molecule has 0 heterocycles. The molecule has 0 aromatic heterocycles. The molecule has 0 aromatic carbocycles. The summed E-state index contributed by atoms with van der Waals surface area (Å²) < 4.78 is 34.3. The minimum absolute atomic E-state index is 0.00101. The van der Waals surface area contributed by atoms with Crippen LogP contribution in [0.1, 0.15) is 104 Å². The molecule has 0 aliphatic carbocycles. The number of unbranched alkanes of at least 4 members (excludes halogenated alkanes) is 3. The number of likely N-dealkylation sites (N-methyl/N-ethyl adjacent to an activating group) is 1. The van der Waals surface area contributed by atoms with Crippen LogP contribution in [0.3, 0.4) is 0 Å². The van der Waals surface area contributed by atoms with E-state index in [4.69, 9.17) is 18.5 Å². The van der Waals surface area contributed by atoms with Crippen molar-refractivity contribution >= 4 is 13.8 Å². The number of phosphoric ester groups is 1. The molecular formula is C42H70NO7P. The first-order chi connectivity index (χ1) is 24.6. The molecule has 290 valence electrons. The van der Waals surface area contributed by atoms with Crippen molar-refractivity contribution in [1.29, 1.82) is 0 Å². The Balaban J connectivity index is 4.52. The molecule has 0 saturated heterocycles. The maximum atomic E-state index is 12.6. The van der Waals surface area contributed by atoms with Gasteiger partial charge >= 0.3 is 5.97 Å². The first kappa shape index (κ1) is 48.4. The highest BCUT2D eigenvalue weighted by Crippen LogP contribution is 2.38. The molecule has 0 radical (unpaired) electrons. The van der Waals surface area contributed by atoms with E-state index in [-0.39, 0.29) is 26.2 Å². The molecule has 0 N–H and O–H groups in total. The summed E-state index contributed by atoms with van der Waals surface area (Å²) in [6.07, 6.45) is 45.9. The van der Waals surface area contributed by atoms with Crippen LogP contribution in [0.15, 0.2) is 97.2 Å². The van der Waals surface area contributed by atoms with Gasteiger partial charge < -0.3 is 27.9 Å². The Bertz CT molecular complexity index is 1130. The standard InChI is InChI=1S/C42H70NO7P/c1-6-8-10-12-14-16-18-20-21-22-24-26-28-30-32-34-37-47-39-41(40-49-51(45,46)48-38-36-43(3,4)5)50-42(44)35-33-31-29-27-25-23-19-17-15-13-11-9-7-2/h8-11,14-17,20-21,23-26,30,32,41H,6-7,12-13,18-19,22,27-29,31,33-40H2,1-5H3/b10-8-,11-9-,16-14-,17-15-,21-20-,25-23-,26-24-,32-30-. The maximum Gasteiger partial charge on any atom is 0.306 e. The molecule has 0 aliphatic rings. The molecule has 9 heteroatoms. The van der Waals surface area contributed by atoms with Gasteiger partial charge in [-0.3, -0.25) is 9.36 Å². The van der Waals surface area contributed by atoms with Gasteiger partial charge in [0.1, 0.15) is 19.3 Å². The van der Waals surface area contributed by atoms with Gasteiger partial charge in [-0.05, 0) is 77.0 Å². The molecule has 0 spiro atoms. The van der Waals surface area contributed by atoms with E-state index in [1.165, 1.54) is 0 Å². The van der Waals surface area contributed by atoms with Crippen LogP contribution in [0.25, 0.3) is 0 Å². The van der Waals surface area contributed by atoms with Crippen LogP contribution >= 0.6 is 7.82 Å². The van der Waals surface area contributed by atoms with Gasteiger partial charge in [0, 0.05) is 6.42 Å². The highest BCUT2D eigenvalue weighted by Gasteiger charge is 2.20. The van der Waals surface area contributed by atoms with Crippen molar-refractivity contribution < 1.29 is 37.3 Å². The molecule has 0 fully saturated rings. The Morgan fingerprint density at radius 1 is 0.608 bits per heavy atom. The van der Waals surface area contributed by atoms with E-state index in [0.717, 1.165) is 70.6 Å². The van der Waals surface area contributed by atoms with Crippen LogP contribution in [0, 0.1) is 0 Å². The molecule has 8 nitrogen and oxygen atoms in total. The van der Waals surface area contributed by atoms with Gasteiger partial charge in [-0.15, -0.1) is 0 Å². The van der Waals surface area contributed by atoms with Gasteiger partial charge in [-0.1, -0.05) is 117 Å². The second-order valence-electron chi connectivity index (χ2n) is 13.2. The molecular weight excluding hydrogens is 661 g/mol. The molecule has 0 rings (SSSR count). The third-order valence-electron chi connectivity index (χ3n) is 7.15. The fraction of sp³-hybridized carbons (Fsp3) is 0.595. The van der Waals surface area contributed by atoms with E-state index in [1.54, 1.807) is 0 Å². The Hall–Kier alpha value is -2.58. The monoisotopic (exact) mass is 731 g/mol. The Morgan fingerprint density at radius 3 is 1.57 bits per heavy atom. The quantitative estimate of drug-likeness (QED) is 0.0218. The van der Waals surface area contributed by atoms with E-state index in [1.807, 2.05) is 27.2 Å². The third kappa shape index (κ3) is 38.5. The van der Waals surface area contributed by atoms with Gasteiger partial charge in [0.2, 0.25) is 0 Å². The van der Waals surface area contributed by atoms with Crippen LogP contribution in [0.2, 0.25) is 0 Å². The first-order valence-electron chi connectivity index (χ1n) is 19.0. The fourth-order valence-corrected chi connectivity index (χ4v) is 5.00. The molecule has 2 unspecified atom stereocenters. The lowest BCUT2D eigenvalue weighted by Crippen LogP contribution is -2.37. The number of hydrogen-bond acceptors (Lipinski definition) is 7. The molecule has 0 aliphatic heterocycles. The summed E-state index contributed by atoms with van der Waals surface area (Å²) >= 11 is 0. The lowest BCUT2D eigenvalue weighted by molar-refractivity contribution is -0.870. The van der Waals surface area contributed by atoms with Crippen molar-refractivity contribution in [3.8, 4) is 0 Å². The zero-order valence-electron chi connectivity index (χ0n) is 32.5. The molecule has 2 atom stereocenters. The van der Waals surface area contributed by atoms with Crippen LogP contribution in [0.5, 0.6) is 0 Å². The summed E-state index contributed by atoms with van der Waals surface area (Å²) in [7, 11) is 1.27. The number of carbonyl (C=O) groups excluding carboxylic acids is 1. The van der Waals surface area contributed by atoms with Gasteiger partial charge in [0.05, 0.1) is 41.0 Å². The second-order valence-corrected chi connectivity index (χ2v) is 14.6. The van der Waals surface area contributed by atoms with Crippen molar-refractivity contribution in [2.24, 2.45) is 0 Å². The molecule has 0 aromatic rings. The number of allylic oxidation sites excluding steroid dienone is 15. The van der Waals surface area contributed by atoms with Crippen molar-refractivity contribution in [2.45, 2.75) is 110 Å². The van der Waals surface area contributed by atoms with Gasteiger partial charge in [0.25, 0.3) is 7.82 Å².